The van der Waals surface area contributed by atoms with Gasteiger partial charge in [0.25, 0.3) is 5.91 Å². The number of benzene rings is 1. The van der Waals surface area contributed by atoms with Crippen LogP contribution in [0.15, 0.2) is 42.7 Å². The van der Waals surface area contributed by atoms with Crippen LogP contribution in [0.25, 0.3) is 0 Å². The third kappa shape index (κ3) is 4.84. The largest absolute Gasteiger partial charge is 0.349 e. The van der Waals surface area contributed by atoms with E-state index in [0.717, 1.165) is 24.0 Å². The summed E-state index contributed by atoms with van der Waals surface area (Å²) in [6, 6.07) is 10.3. The van der Waals surface area contributed by atoms with E-state index in [-0.39, 0.29) is 36.8 Å². The third-order valence-corrected chi connectivity index (χ3v) is 5.83. The van der Waals surface area contributed by atoms with Gasteiger partial charge in [-0.3, -0.25) is 9.48 Å². The van der Waals surface area contributed by atoms with Gasteiger partial charge in [0.05, 0.1) is 6.54 Å². The van der Waals surface area contributed by atoms with E-state index in [1.807, 2.05) is 41.2 Å². The molecule has 1 aromatic carbocycles. The molecular weight excluding hydrogens is 383 g/mol. The number of nitrogens with zero attached hydrogens (tertiary/aromatic N) is 2. The van der Waals surface area contributed by atoms with Crippen molar-refractivity contribution in [2.24, 2.45) is 17.6 Å². The Balaban J connectivity index is 0.00000131. The maximum absolute atomic E-state index is 13.0. The van der Waals surface area contributed by atoms with Crippen molar-refractivity contribution in [1.82, 2.24) is 15.1 Å². The maximum atomic E-state index is 13.0. The number of hydrogen-bond donors (Lipinski definition) is 2. The van der Waals surface area contributed by atoms with Gasteiger partial charge in [-0.05, 0) is 55.2 Å². The minimum absolute atomic E-state index is 0. The minimum Gasteiger partial charge on any atom is -0.349 e. The minimum atomic E-state index is 0. The molecule has 1 aromatic heterocycles. The van der Waals surface area contributed by atoms with Crippen LogP contribution in [0.1, 0.15) is 48.0 Å². The molecule has 2 bridgehead atoms. The SMILES string of the molecule is Cl.Cl.NC1CC2CCCC(C1)C2NC(=O)c1ccccc1Cn1cccn1. The molecule has 2 aliphatic carbocycles. The van der Waals surface area contributed by atoms with Gasteiger partial charge in [0.15, 0.2) is 0 Å². The Morgan fingerprint density at radius 1 is 1.15 bits per heavy atom. The van der Waals surface area contributed by atoms with E-state index in [4.69, 9.17) is 5.73 Å². The standard InChI is InChI=1S/C20H26N4O.2ClH/c21-17-11-14-6-3-7-15(12-17)19(14)23-20(25)18-8-2-1-5-16(18)13-24-10-4-9-22-24;;/h1-2,4-5,8-10,14-15,17,19H,3,6-7,11-13,21H2,(H,23,25);2*1H. The number of hydrogen-bond acceptors (Lipinski definition) is 3. The molecule has 0 radical (unpaired) electrons. The molecule has 1 heterocycles. The zero-order valence-corrected chi connectivity index (χ0v) is 16.9. The highest BCUT2D eigenvalue weighted by molar-refractivity contribution is 5.95. The third-order valence-electron chi connectivity index (χ3n) is 5.83. The van der Waals surface area contributed by atoms with Crippen LogP contribution in [0.3, 0.4) is 0 Å². The molecule has 0 spiro atoms. The predicted octanol–water partition coefficient (Wildman–Crippen LogP) is 3.41. The first kappa shape index (κ1) is 21.7. The Bertz CT molecular complexity index is 723. The van der Waals surface area contributed by atoms with E-state index in [2.05, 4.69) is 10.4 Å². The normalized spacial score (nSPS) is 26.4. The van der Waals surface area contributed by atoms with E-state index < -0.39 is 0 Å². The lowest BCUT2D eigenvalue weighted by Crippen LogP contribution is -2.53. The lowest BCUT2D eigenvalue weighted by Gasteiger charge is -2.45. The molecule has 0 aliphatic heterocycles. The fraction of sp³-hybridized carbons (Fsp3) is 0.500. The molecule has 2 atom stereocenters. The molecule has 4 rings (SSSR count). The Morgan fingerprint density at radius 2 is 1.85 bits per heavy atom. The highest BCUT2D eigenvalue weighted by Gasteiger charge is 2.40. The second-order valence-corrected chi connectivity index (χ2v) is 7.54. The lowest BCUT2D eigenvalue weighted by molar-refractivity contribution is 0.0755. The lowest BCUT2D eigenvalue weighted by atomic mass is 9.67. The van der Waals surface area contributed by atoms with E-state index in [0.29, 0.717) is 24.4 Å². The second kappa shape index (κ2) is 9.58. The van der Waals surface area contributed by atoms with Crippen molar-refractivity contribution in [3.05, 3.63) is 53.9 Å². The zero-order valence-electron chi connectivity index (χ0n) is 15.3. The summed E-state index contributed by atoms with van der Waals surface area (Å²) in [7, 11) is 0. The highest BCUT2D eigenvalue weighted by Crippen LogP contribution is 2.39. The summed E-state index contributed by atoms with van der Waals surface area (Å²) in [5, 5.41) is 7.61. The van der Waals surface area contributed by atoms with Gasteiger partial charge >= 0.3 is 0 Å². The average Bonchev–Trinajstić information content (AvgIpc) is 3.09. The van der Waals surface area contributed by atoms with Crippen LogP contribution in [-0.2, 0) is 6.54 Å². The van der Waals surface area contributed by atoms with E-state index >= 15 is 0 Å². The number of nitrogens with two attached hydrogens (primary N) is 1. The molecule has 1 amide bonds. The van der Waals surface area contributed by atoms with E-state index in [9.17, 15) is 4.79 Å². The molecule has 27 heavy (non-hydrogen) atoms. The first-order valence-electron chi connectivity index (χ1n) is 9.32. The van der Waals surface area contributed by atoms with Crippen molar-refractivity contribution in [2.75, 3.05) is 0 Å². The number of carbonyl (C=O) groups is 1. The topological polar surface area (TPSA) is 72.9 Å². The van der Waals surface area contributed by atoms with Gasteiger partial charge in [-0.25, -0.2) is 0 Å². The molecule has 5 nitrogen and oxygen atoms in total. The average molecular weight is 411 g/mol. The van der Waals surface area contributed by atoms with Crippen molar-refractivity contribution in [3.8, 4) is 0 Å². The summed E-state index contributed by atoms with van der Waals surface area (Å²) >= 11 is 0. The summed E-state index contributed by atoms with van der Waals surface area (Å²) < 4.78 is 1.85. The van der Waals surface area contributed by atoms with Gasteiger partial charge in [0.2, 0.25) is 0 Å². The van der Waals surface area contributed by atoms with Gasteiger partial charge in [-0.1, -0.05) is 24.6 Å². The molecule has 0 saturated heterocycles. The predicted molar refractivity (Wildman–Crippen MR) is 112 cm³/mol. The molecule has 2 fully saturated rings. The number of carbonyl (C=O) groups excluding carboxylic acids is 1. The Hall–Kier alpha value is -1.56. The molecule has 2 unspecified atom stereocenters. The van der Waals surface area contributed by atoms with E-state index in [1.54, 1.807) is 6.20 Å². The van der Waals surface area contributed by atoms with Crippen molar-refractivity contribution in [1.29, 1.82) is 0 Å². The molecule has 2 aromatic rings. The molecule has 7 heteroatoms. The van der Waals surface area contributed by atoms with Gasteiger partial charge < -0.3 is 11.1 Å². The summed E-state index contributed by atoms with van der Waals surface area (Å²) in [6.45, 7) is 0.610. The molecule has 2 saturated carbocycles. The van der Waals surface area contributed by atoms with Crippen LogP contribution in [0.5, 0.6) is 0 Å². The summed E-state index contributed by atoms with van der Waals surface area (Å²) in [5.41, 5.74) is 7.96. The van der Waals surface area contributed by atoms with Crippen LogP contribution >= 0.6 is 24.8 Å². The molecule has 3 N–H and O–H groups in total. The van der Waals surface area contributed by atoms with Gasteiger partial charge in [-0.2, -0.15) is 5.10 Å². The quantitative estimate of drug-likeness (QED) is 0.810. The van der Waals surface area contributed by atoms with Crippen LogP contribution in [0.4, 0.5) is 0 Å². The van der Waals surface area contributed by atoms with Crippen LogP contribution in [-0.4, -0.2) is 27.8 Å². The molecule has 2 aliphatic rings. The number of amides is 1. The van der Waals surface area contributed by atoms with Crippen molar-refractivity contribution < 1.29 is 4.79 Å². The first-order valence-corrected chi connectivity index (χ1v) is 9.32. The number of aromatic nitrogens is 2. The Morgan fingerprint density at radius 3 is 2.52 bits per heavy atom. The van der Waals surface area contributed by atoms with Gasteiger partial charge in [0, 0.05) is 30.0 Å². The first-order chi connectivity index (χ1) is 12.2. The monoisotopic (exact) mass is 410 g/mol. The van der Waals surface area contributed by atoms with E-state index in [1.165, 1.54) is 19.3 Å². The zero-order chi connectivity index (χ0) is 17.2. The highest BCUT2D eigenvalue weighted by atomic mass is 35.5. The summed E-state index contributed by atoms with van der Waals surface area (Å²) in [6.07, 6.45) is 9.39. The fourth-order valence-corrected chi connectivity index (χ4v) is 4.70. The molecular formula is C20H28Cl2N4O. The van der Waals surface area contributed by atoms with Gasteiger partial charge in [0.1, 0.15) is 0 Å². The number of halogens is 2. The number of fused-ring (bicyclic) bond motifs is 2. The van der Waals surface area contributed by atoms with Crippen LogP contribution in [0.2, 0.25) is 0 Å². The Labute approximate surface area is 172 Å². The second-order valence-electron chi connectivity index (χ2n) is 7.54. The van der Waals surface area contributed by atoms with Gasteiger partial charge in [-0.15, -0.1) is 24.8 Å². The smallest absolute Gasteiger partial charge is 0.251 e. The number of rotatable bonds is 4. The van der Waals surface area contributed by atoms with Crippen LogP contribution < -0.4 is 11.1 Å². The fourth-order valence-electron chi connectivity index (χ4n) is 4.70. The van der Waals surface area contributed by atoms with Crippen molar-refractivity contribution in [2.45, 2.75) is 50.7 Å². The maximum Gasteiger partial charge on any atom is 0.251 e. The summed E-state index contributed by atoms with van der Waals surface area (Å²) in [4.78, 5) is 13.0. The summed E-state index contributed by atoms with van der Waals surface area (Å²) in [5.74, 6) is 1.11. The van der Waals surface area contributed by atoms with Crippen molar-refractivity contribution in [3.63, 3.8) is 0 Å². The molecule has 148 valence electrons. The number of nitrogens with one attached hydrogen (secondary N) is 1. The van der Waals surface area contributed by atoms with Crippen LogP contribution in [0, 0.1) is 11.8 Å². The Kier molecular flexibility index (Phi) is 7.71. The van der Waals surface area contributed by atoms with Crippen molar-refractivity contribution >= 4 is 30.7 Å².